The Kier molecular flexibility index (Phi) is 9.04. The molecular weight excluding hydrogens is 388 g/mol. The molecule has 10 heteroatoms. The number of anilines is 3. The number of nitrogen functional groups attached to an aromatic ring is 1. The van der Waals surface area contributed by atoms with Gasteiger partial charge in [0.25, 0.3) is 0 Å². The summed E-state index contributed by atoms with van der Waals surface area (Å²) in [4.78, 5) is 31.9. The summed E-state index contributed by atoms with van der Waals surface area (Å²) in [7, 11) is 0. The number of aromatic nitrogens is 3. The molecular formula is C20H26N6O4. The summed E-state index contributed by atoms with van der Waals surface area (Å²) in [5.41, 5.74) is 6.96. The number of benzene rings is 1. The Morgan fingerprint density at radius 2 is 1.57 bits per heavy atom. The topological polar surface area (TPSA) is 163 Å². The summed E-state index contributed by atoms with van der Waals surface area (Å²) in [6.45, 7) is 0.660. The number of carboxylic acids is 2. The van der Waals surface area contributed by atoms with Crippen LogP contribution in [0.5, 0.6) is 0 Å². The molecule has 1 aliphatic rings. The SMILES string of the molecule is Nc1nc(NCc2ccccc2)nc(NC2CCCCC2)n1.O=C(O)/C=C\C(=O)O. The minimum absolute atomic E-state index is 0.240. The van der Waals surface area contributed by atoms with Crippen molar-refractivity contribution in [2.45, 2.75) is 44.7 Å². The molecule has 6 N–H and O–H groups in total. The Balaban J connectivity index is 0.000000343. The second-order valence-corrected chi connectivity index (χ2v) is 6.67. The van der Waals surface area contributed by atoms with Gasteiger partial charge in [0, 0.05) is 24.7 Å². The number of carboxylic acid groups (broad SMARTS) is 2. The second kappa shape index (κ2) is 12.0. The lowest BCUT2D eigenvalue weighted by Gasteiger charge is -2.22. The van der Waals surface area contributed by atoms with Crippen LogP contribution in [0.2, 0.25) is 0 Å². The third kappa shape index (κ3) is 9.00. The van der Waals surface area contributed by atoms with Crippen LogP contribution >= 0.6 is 0 Å². The molecule has 0 amide bonds. The van der Waals surface area contributed by atoms with Crippen molar-refractivity contribution < 1.29 is 19.8 Å². The molecule has 1 aromatic carbocycles. The first-order valence-corrected chi connectivity index (χ1v) is 9.62. The van der Waals surface area contributed by atoms with E-state index in [2.05, 4.69) is 37.7 Å². The third-order valence-corrected chi connectivity index (χ3v) is 4.25. The molecule has 10 nitrogen and oxygen atoms in total. The monoisotopic (exact) mass is 414 g/mol. The molecule has 1 saturated carbocycles. The van der Waals surface area contributed by atoms with Gasteiger partial charge in [0.15, 0.2) is 0 Å². The Morgan fingerprint density at radius 3 is 2.17 bits per heavy atom. The van der Waals surface area contributed by atoms with Crippen LogP contribution in [0.3, 0.4) is 0 Å². The molecule has 0 unspecified atom stereocenters. The smallest absolute Gasteiger partial charge is 0.328 e. The number of rotatable bonds is 7. The van der Waals surface area contributed by atoms with E-state index in [9.17, 15) is 9.59 Å². The Labute approximate surface area is 174 Å². The zero-order chi connectivity index (χ0) is 21.8. The average Bonchev–Trinajstić information content (AvgIpc) is 2.72. The lowest BCUT2D eigenvalue weighted by molar-refractivity contribution is -0.134. The Hall–Kier alpha value is -3.69. The summed E-state index contributed by atoms with van der Waals surface area (Å²) >= 11 is 0. The van der Waals surface area contributed by atoms with E-state index in [-0.39, 0.29) is 5.95 Å². The van der Waals surface area contributed by atoms with Crippen molar-refractivity contribution in [3.05, 3.63) is 48.0 Å². The number of aliphatic carboxylic acids is 2. The van der Waals surface area contributed by atoms with Gasteiger partial charge in [-0.3, -0.25) is 0 Å². The van der Waals surface area contributed by atoms with Gasteiger partial charge in [-0.15, -0.1) is 0 Å². The van der Waals surface area contributed by atoms with Crippen LogP contribution in [-0.4, -0.2) is 43.1 Å². The zero-order valence-corrected chi connectivity index (χ0v) is 16.5. The highest BCUT2D eigenvalue weighted by Crippen LogP contribution is 2.20. The number of nitrogens with zero attached hydrogens (tertiary/aromatic N) is 3. The highest BCUT2D eigenvalue weighted by molar-refractivity contribution is 5.89. The predicted octanol–water partition coefficient (Wildman–Crippen LogP) is 2.52. The number of nitrogens with two attached hydrogens (primary N) is 1. The van der Waals surface area contributed by atoms with Crippen LogP contribution in [0.25, 0.3) is 0 Å². The van der Waals surface area contributed by atoms with Crippen molar-refractivity contribution in [3.63, 3.8) is 0 Å². The molecule has 0 bridgehead atoms. The molecule has 2 aromatic rings. The van der Waals surface area contributed by atoms with E-state index in [1.807, 2.05) is 18.2 Å². The van der Waals surface area contributed by atoms with Crippen molar-refractivity contribution in [2.24, 2.45) is 0 Å². The maximum atomic E-state index is 9.55. The van der Waals surface area contributed by atoms with E-state index >= 15 is 0 Å². The van der Waals surface area contributed by atoms with Crippen LogP contribution in [0.4, 0.5) is 17.8 Å². The van der Waals surface area contributed by atoms with Crippen LogP contribution < -0.4 is 16.4 Å². The van der Waals surface area contributed by atoms with E-state index < -0.39 is 11.9 Å². The van der Waals surface area contributed by atoms with E-state index in [0.717, 1.165) is 0 Å². The Bertz CT molecular complexity index is 838. The molecule has 0 aliphatic heterocycles. The van der Waals surface area contributed by atoms with Gasteiger partial charge in [0.05, 0.1) is 0 Å². The van der Waals surface area contributed by atoms with Gasteiger partial charge in [-0.1, -0.05) is 49.6 Å². The quantitative estimate of drug-likeness (QED) is 0.425. The van der Waals surface area contributed by atoms with Gasteiger partial charge < -0.3 is 26.6 Å². The molecule has 3 rings (SSSR count). The highest BCUT2D eigenvalue weighted by atomic mass is 16.4. The molecule has 160 valence electrons. The van der Waals surface area contributed by atoms with Crippen molar-refractivity contribution in [3.8, 4) is 0 Å². The van der Waals surface area contributed by atoms with Gasteiger partial charge in [0.1, 0.15) is 0 Å². The van der Waals surface area contributed by atoms with E-state index in [1.54, 1.807) is 0 Å². The predicted molar refractivity (Wildman–Crippen MR) is 113 cm³/mol. The average molecular weight is 414 g/mol. The molecule has 0 atom stereocenters. The Morgan fingerprint density at radius 1 is 0.967 bits per heavy atom. The molecule has 0 saturated heterocycles. The fraction of sp³-hybridized carbons (Fsp3) is 0.350. The number of hydrogen-bond donors (Lipinski definition) is 5. The van der Waals surface area contributed by atoms with Crippen molar-refractivity contribution in [1.82, 2.24) is 15.0 Å². The summed E-state index contributed by atoms with van der Waals surface area (Å²) in [5, 5.41) is 22.2. The number of hydrogen-bond acceptors (Lipinski definition) is 8. The first-order chi connectivity index (χ1) is 14.4. The highest BCUT2D eigenvalue weighted by Gasteiger charge is 2.15. The zero-order valence-electron chi connectivity index (χ0n) is 16.5. The summed E-state index contributed by atoms with van der Waals surface area (Å²) < 4.78 is 0. The van der Waals surface area contributed by atoms with Crippen LogP contribution in [0.15, 0.2) is 42.5 Å². The second-order valence-electron chi connectivity index (χ2n) is 6.67. The third-order valence-electron chi connectivity index (χ3n) is 4.25. The first kappa shape index (κ1) is 22.6. The minimum Gasteiger partial charge on any atom is -0.478 e. The standard InChI is InChI=1S/C16H22N6.C4H4O4/c17-14-20-15(18-11-12-7-3-1-4-8-12)22-16(21-14)19-13-9-5-2-6-10-13;5-3(6)1-2-4(7)8/h1,3-4,7-8,13H,2,5-6,9-11H2,(H4,17,18,19,20,21,22);1-2H,(H,5,6)(H,7,8)/b;2-1-. The van der Waals surface area contributed by atoms with Crippen molar-refractivity contribution >= 4 is 29.8 Å². The fourth-order valence-electron chi connectivity index (χ4n) is 2.88. The van der Waals surface area contributed by atoms with Crippen LogP contribution in [-0.2, 0) is 16.1 Å². The lowest BCUT2D eigenvalue weighted by Crippen LogP contribution is -2.24. The maximum absolute atomic E-state index is 9.55. The van der Waals surface area contributed by atoms with Crippen molar-refractivity contribution in [2.75, 3.05) is 16.4 Å². The largest absolute Gasteiger partial charge is 0.478 e. The molecule has 30 heavy (non-hydrogen) atoms. The van der Waals surface area contributed by atoms with Gasteiger partial charge in [-0.25, -0.2) is 9.59 Å². The van der Waals surface area contributed by atoms with Crippen LogP contribution in [0.1, 0.15) is 37.7 Å². The minimum atomic E-state index is -1.26. The van der Waals surface area contributed by atoms with E-state index in [0.29, 0.717) is 36.6 Å². The summed E-state index contributed by atoms with van der Waals surface area (Å²) in [5.74, 6) is -1.20. The normalized spacial score (nSPS) is 13.9. The van der Waals surface area contributed by atoms with Gasteiger partial charge in [-0.05, 0) is 18.4 Å². The van der Waals surface area contributed by atoms with Gasteiger partial charge >= 0.3 is 11.9 Å². The van der Waals surface area contributed by atoms with Crippen molar-refractivity contribution in [1.29, 1.82) is 0 Å². The van der Waals surface area contributed by atoms with E-state index in [4.69, 9.17) is 15.9 Å². The molecule has 1 heterocycles. The molecule has 0 radical (unpaired) electrons. The van der Waals surface area contributed by atoms with E-state index in [1.165, 1.54) is 37.7 Å². The maximum Gasteiger partial charge on any atom is 0.328 e. The van der Waals surface area contributed by atoms with Gasteiger partial charge in [0.2, 0.25) is 17.8 Å². The summed E-state index contributed by atoms with van der Waals surface area (Å²) in [6.07, 6.45) is 7.29. The molecule has 1 aliphatic carbocycles. The summed E-state index contributed by atoms with van der Waals surface area (Å²) in [6, 6.07) is 10.6. The molecule has 1 aromatic heterocycles. The molecule has 0 spiro atoms. The number of nitrogens with one attached hydrogen (secondary N) is 2. The fourth-order valence-corrected chi connectivity index (χ4v) is 2.88. The van der Waals surface area contributed by atoms with Gasteiger partial charge in [-0.2, -0.15) is 15.0 Å². The number of carbonyl (C=O) groups is 2. The molecule has 1 fully saturated rings. The first-order valence-electron chi connectivity index (χ1n) is 9.62. The lowest BCUT2D eigenvalue weighted by atomic mass is 9.96. The van der Waals surface area contributed by atoms with Crippen LogP contribution in [0, 0.1) is 0 Å².